The Morgan fingerprint density at radius 2 is 2.06 bits per heavy atom. The predicted octanol–water partition coefficient (Wildman–Crippen LogP) is 1.30. The topological polar surface area (TPSA) is 60.2 Å². The molecule has 0 aliphatic carbocycles. The van der Waals surface area contributed by atoms with E-state index in [1.165, 1.54) is 17.4 Å². The Labute approximate surface area is 97.6 Å². The molecule has 0 amide bonds. The molecular formula is C12H19NO2S. The standard InChI is InChI=1S/C12H19NO2S/c1-10-4-3-5-11(8-10)9-12(13)6-7-16(2,14)15/h3-5,8,12H,6-7,9,13H2,1-2H3. The molecule has 2 N–H and O–H groups in total. The molecule has 1 aromatic rings. The van der Waals surface area contributed by atoms with Crippen LogP contribution in [0.5, 0.6) is 0 Å². The van der Waals surface area contributed by atoms with Crippen molar-refractivity contribution in [3.63, 3.8) is 0 Å². The first-order valence-corrected chi connectivity index (χ1v) is 7.42. The molecule has 0 spiro atoms. The highest BCUT2D eigenvalue weighted by Gasteiger charge is 2.08. The Kier molecular flexibility index (Phi) is 4.50. The summed E-state index contributed by atoms with van der Waals surface area (Å²) >= 11 is 0. The minimum absolute atomic E-state index is 0.0866. The molecule has 1 unspecified atom stereocenters. The fraction of sp³-hybridized carbons (Fsp3) is 0.500. The van der Waals surface area contributed by atoms with Crippen molar-refractivity contribution >= 4 is 9.84 Å². The largest absolute Gasteiger partial charge is 0.327 e. The van der Waals surface area contributed by atoms with E-state index in [1.807, 2.05) is 25.1 Å². The van der Waals surface area contributed by atoms with E-state index >= 15 is 0 Å². The van der Waals surface area contributed by atoms with Gasteiger partial charge in [-0.25, -0.2) is 8.42 Å². The molecule has 0 aliphatic rings. The Morgan fingerprint density at radius 3 is 2.62 bits per heavy atom. The summed E-state index contributed by atoms with van der Waals surface area (Å²) in [7, 11) is -2.90. The van der Waals surface area contributed by atoms with Crippen LogP contribution in [0.1, 0.15) is 17.5 Å². The first kappa shape index (κ1) is 13.2. The molecule has 0 bridgehead atoms. The van der Waals surface area contributed by atoms with Crippen molar-refractivity contribution in [2.24, 2.45) is 5.73 Å². The van der Waals surface area contributed by atoms with Crippen LogP contribution in [0.25, 0.3) is 0 Å². The van der Waals surface area contributed by atoms with Crippen LogP contribution >= 0.6 is 0 Å². The molecule has 1 aromatic carbocycles. The molecule has 0 radical (unpaired) electrons. The minimum atomic E-state index is -2.90. The van der Waals surface area contributed by atoms with Crippen molar-refractivity contribution in [2.45, 2.75) is 25.8 Å². The zero-order chi connectivity index (χ0) is 12.2. The highest BCUT2D eigenvalue weighted by atomic mass is 32.2. The van der Waals surface area contributed by atoms with Crippen molar-refractivity contribution < 1.29 is 8.42 Å². The average molecular weight is 241 g/mol. The summed E-state index contributed by atoms with van der Waals surface area (Å²) < 4.78 is 22.0. The second kappa shape index (κ2) is 5.46. The van der Waals surface area contributed by atoms with Gasteiger partial charge < -0.3 is 5.73 Å². The van der Waals surface area contributed by atoms with E-state index in [-0.39, 0.29) is 11.8 Å². The summed E-state index contributed by atoms with van der Waals surface area (Å²) in [6, 6.07) is 8.05. The van der Waals surface area contributed by atoms with E-state index in [4.69, 9.17) is 5.73 Å². The van der Waals surface area contributed by atoms with Crippen molar-refractivity contribution in [3.05, 3.63) is 35.4 Å². The smallest absolute Gasteiger partial charge is 0.147 e. The van der Waals surface area contributed by atoms with Crippen LogP contribution in [0.2, 0.25) is 0 Å². The predicted molar refractivity (Wildman–Crippen MR) is 67.2 cm³/mol. The monoisotopic (exact) mass is 241 g/mol. The third-order valence-electron chi connectivity index (χ3n) is 2.44. The molecule has 0 aliphatic heterocycles. The molecular weight excluding hydrogens is 222 g/mol. The maximum Gasteiger partial charge on any atom is 0.147 e. The maximum atomic E-state index is 11.0. The summed E-state index contributed by atoms with van der Waals surface area (Å²) in [4.78, 5) is 0. The summed E-state index contributed by atoms with van der Waals surface area (Å²) in [5, 5.41) is 0. The Morgan fingerprint density at radius 1 is 1.38 bits per heavy atom. The van der Waals surface area contributed by atoms with Gasteiger partial charge >= 0.3 is 0 Å². The van der Waals surface area contributed by atoms with Gasteiger partial charge in [0.1, 0.15) is 9.84 Å². The van der Waals surface area contributed by atoms with E-state index in [0.29, 0.717) is 6.42 Å². The molecule has 1 rings (SSSR count). The first-order valence-electron chi connectivity index (χ1n) is 5.36. The number of hydrogen-bond acceptors (Lipinski definition) is 3. The van der Waals surface area contributed by atoms with E-state index in [1.54, 1.807) is 0 Å². The van der Waals surface area contributed by atoms with Crippen LogP contribution in [0, 0.1) is 6.92 Å². The van der Waals surface area contributed by atoms with Gasteiger partial charge in [0.2, 0.25) is 0 Å². The highest BCUT2D eigenvalue weighted by Crippen LogP contribution is 2.08. The Balaban J connectivity index is 2.49. The second-order valence-electron chi connectivity index (χ2n) is 4.37. The normalized spacial score (nSPS) is 13.7. The molecule has 0 aromatic heterocycles. The first-order chi connectivity index (χ1) is 7.37. The van der Waals surface area contributed by atoms with Gasteiger partial charge in [0.25, 0.3) is 0 Å². The van der Waals surface area contributed by atoms with Gasteiger partial charge in [-0.05, 0) is 25.3 Å². The number of rotatable bonds is 5. The molecule has 0 saturated heterocycles. The van der Waals surface area contributed by atoms with E-state index in [0.717, 1.165) is 6.42 Å². The number of benzene rings is 1. The molecule has 0 fully saturated rings. The Bertz CT molecular complexity index is 440. The van der Waals surface area contributed by atoms with Gasteiger partial charge in [0.15, 0.2) is 0 Å². The van der Waals surface area contributed by atoms with Crippen molar-refractivity contribution in [3.8, 4) is 0 Å². The van der Waals surface area contributed by atoms with Crippen LogP contribution in [0.15, 0.2) is 24.3 Å². The second-order valence-corrected chi connectivity index (χ2v) is 6.63. The lowest BCUT2D eigenvalue weighted by Gasteiger charge is -2.11. The van der Waals surface area contributed by atoms with E-state index in [2.05, 4.69) is 6.07 Å². The molecule has 16 heavy (non-hydrogen) atoms. The van der Waals surface area contributed by atoms with Crippen LogP contribution in [0.3, 0.4) is 0 Å². The van der Waals surface area contributed by atoms with E-state index < -0.39 is 9.84 Å². The Hall–Kier alpha value is -0.870. The molecule has 0 heterocycles. The number of aryl methyl sites for hydroxylation is 1. The van der Waals surface area contributed by atoms with Gasteiger partial charge in [-0.1, -0.05) is 29.8 Å². The number of nitrogens with two attached hydrogens (primary N) is 1. The highest BCUT2D eigenvalue weighted by molar-refractivity contribution is 7.90. The lowest BCUT2D eigenvalue weighted by molar-refractivity contribution is 0.586. The molecule has 3 nitrogen and oxygen atoms in total. The zero-order valence-corrected chi connectivity index (χ0v) is 10.6. The lowest BCUT2D eigenvalue weighted by Crippen LogP contribution is -2.25. The fourth-order valence-corrected chi connectivity index (χ4v) is 2.34. The van der Waals surface area contributed by atoms with Crippen molar-refractivity contribution in [2.75, 3.05) is 12.0 Å². The maximum absolute atomic E-state index is 11.0. The van der Waals surface area contributed by atoms with Gasteiger partial charge in [-0.2, -0.15) is 0 Å². The SMILES string of the molecule is Cc1cccc(CC(N)CCS(C)(=O)=O)c1. The summed E-state index contributed by atoms with van der Waals surface area (Å²) in [6.45, 7) is 2.03. The van der Waals surface area contributed by atoms with Gasteiger partial charge in [0, 0.05) is 12.3 Å². The minimum Gasteiger partial charge on any atom is -0.327 e. The summed E-state index contributed by atoms with van der Waals surface area (Å²) in [5.74, 6) is 0.167. The average Bonchev–Trinajstić information content (AvgIpc) is 2.14. The quantitative estimate of drug-likeness (QED) is 0.845. The van der Waals surface area contributed by atoms with Crippen LogP contribution in [-0.4, -0.2) is 26.5 Å². The van der Waals surface area contributed by atoms with E-state index in [9.17, 15) is 8.42 Å². The fourth-order valence-electron chi connectivity index (χ4n) is 1.61. The third-order valence-corrected chi connectivity index (χ3v) is 3.42. The van der Waals surface area contributed by atoms with Crippen LogP contribution in [-0.2, 0) is 16.3 Å². The zero-order valence-electron chi connectivity index (χ0n) is 9.81. The summed E-state index contributed by atoms with van der Waals surface area (Å²) in [5.41, 5.74) is 8.27. The van der Waals surface area contributed by atoms with Gasteiger partial charge in [-0.3, -0.25) is 0 Å². The molecule has 4 heteroatoms. The molecule has 1 atom stereocenters. The summed E-state index contributed by atoms with van der Waals surface area (Å²) in [6.07, 6.45) is 2.50. The molecule has 90 valence electrons. The molecule has 0 saturated carbocycles. The number of sulfone groups is 1. The van der Waals surface area contributed by atoms with Crippen molar-refractivity contribution in [1.82, 2.24) is 0 Å². The van der Waals surface area contributed by atoms with Crippen LogP contribution < -0.4 is 5.73 Å². The van der Waals surface area contributed by atoms with Gasteiger partial charge in [-0.15, -0.1) is 0 Å². The van der Waals surface area contributed by atoms with Crippen LogP contribution in [0.4, 0.5) is 0 Å². The lowest BCUT2D eigenvalue weighted by atomic mass is 10.0. The number of hydrogen-bond donors (Lipinski definition) is 1. The third kappa shape index (κ3) is 5.28. The van der Waals surface area contributed by atoms with Crippen molar-refractivity contribution in [1.29, 1.82) is 0 Å². The van der Waals surface area contributed by atoms with Gasteiger partial charge in [0.05, 0.1) is 5.75 Å².